The number of nitrogens with zero attached hydrogens (tertiary/aromatic N) is 4. The maximum Gasteiger partial charge on any atom is 0.321 e. The molecule has 1 aromatic heterocycles. The van der Waals surface area contributed by atoms with Crippen molar-refractivity contribution < 1.29 is 14.1 Å². The highest BCUT2D eigenvalue weighted by atomic mass is 16.5. The van der Waals surface area contributed by atoms with E-state index in [4.69, 9.17) is 4.52 Å². The van der Waals surface area contributed by atoms with Gasteiger partial charge in [0.2, 0.25) is 17.6 Å². The number of carbonyl (C=O) groups excluding carboxylic acids is 2. The normalized spacial score (nSPS) is 16.8. The fraction of sp³-hybridized carbons (Fsp3) is 0.524. The van der Waals surface area contributed by atoms with Gasteiger partial charge in [-0.1, -0.05) is 35.5 Å². The second kappa shape index (κ2) is 9.36. The van der Waals surface area contributed by atoms with Gasteiger partial charge in [0, 0.05) is 37.3 Å². The lowest BCUT2D eigenvalue weighted by Crippen LogP contribution is -2.53. The Bertz CT molecular complexity index is 853. The average Bonchev–Trinajstić information content (AvgIpc) is 3.17. The number of piperazine rings is 1. The van der Waals surface area contributed by atoms with Gasteiger partial charge in [-0.3, -0.25) is 19.9 Å². The second-order valence-corrected chi connectivity index (χ2v) is 8.56. The number of hydrogen-bond acceptors (Lipinski definition) is 7. The van der Waals surface area contributed by atoms with Crippen LogP contribution in [0.5, 0.6) is 0 Å². The Hall–Kier alpha value is -2.78. The molecule has 2 aromatic rings. The molecule has 0 bridgehead atoms. The van der Waals surface area contributed by atoms with Gasteiger partial charge in [-0.05, 0) is 27.7 Å². The van der Waals surface area contributed by atoms with Gasteiger partial charge < -0.3 is 9.84 Å². The Kier molecular flexibility index (Phi) is 6.84. The summed E-state index contributed by atoms with van der Waals surface area (Å²) >= 11 is 0. The standard InChI is InChI=1S/C21H30N6O3/c1-15(19-23-18(25-30-19)16-8-6-5-7-9-16)27-12-10-26(11-13-27)14-17(28)22-20(29)24-21(2,3)4/h5-9,15H,10-14H2,1-4H3,(H2,22,24,28,29). The minimum Gasteiger partial charge on any atom is -0.337 e. The molecule has 162 valence electrons. The van der Waals surface area contributed by atoms with Crippen LogP contribution in [0.3, 0.4) is 0 Å². The first-order chi connectivity index (χ1) is 14.2. The minimum atomic E-state index is -0.467. The number of carbonyl (C=O) groups is 2. The minimum absolute atomic E-state index is 0.0106. The maximum atomic E-state index is 12.1. The molecule has 1 fully saturated rings. The fourth-order valence-corrected chi connectivity index (χ4v) is 3.32. The third kappa shape index (κ3) is 6.11. The van der Waals surface area contributed by atoms with Gasteiger partial charge in [-0.25, -0.2) is 4.79 Å². The van der Waals surface area contributed by atoms with Crippen LogP contribution in [0.1, 0.15) is 39.6 Å². The number of urea groups is 1. The van der Waals surface area contributed by atoms with E-state index in [2.05, 4.69) is 25.7 Å². The van der Waals surface area contributed by atoms with E-state index in [1.807, 2.05) is 62.9 Å². The smallest absolute Gasteiger partial charge is 0.321 e. The van der Waals surface area contributed by atoms with Crippen LogP contribution in [-0.4, -0.2) is 70.1 Å². The van der Waals surface area contributed by atoms with Gasteiger partial charge in [0.25, 0.3) is 0 Å². The predicted octanol–water partition coefficient (Wildman–Crippen LogP) is 2.04. The third-order valence-electron chi connectivity index (χ3n) is 4.89. The molecule has 3 rings (SSSR count). The van der Waals surface area contributed by atoms with E-state index in [-0.39, 0.29) is 24.0 Å². The van der Waals surface area contributed by atoms with E-state index in [1.165, 1.54) is 0 Å². The lowest BCUT2D eigenvalue weighted by molar-refractivity contribution is -0.121. The molecule has 3 amide bonds. The highest BCUT2D eigenvalue weighted by Crippen LogP contribution is 2.23. The fourth-order valence-electron chi connectivity index (χ4n) is 3.32. The number of nitrogens with one attached hydrogen (secondary N) is 2. The van der Waals surface area contributed by atoms with E-state index in [1.54, 1.807) is 0 Å². The molecule has 9 heteroatoms. The molecule has 0 saturated carbocycles. The van der Waals surface area contributed by atoms with Crippen molar-refractivity contribution >= 4 is 11.9 Å². The SMILES string of the molecule is CC(c1nc(-c2ccccc2)no1)N1CCN(CC(=O)NC(=O)NC(C)(C)C)CC1. The van der Waals surface area contributed by atoms with Crippen molar-refractivity contribution in [3.05, 3.63) is 36.2 Å². The van der Waals surface area contributed by atoms with Gasteiger partial charge in [-0.15, -0.1) is 0 Å². The Morgan fingerprint density at radius 2 is 1.80 bits per heavy atom. The van der Waals surface area contributed by atoms with Crippen LogP contribution in [0.2, 0.25) is 0 Å². The van der Waals surface area contributed by atoms with Crippen molar-refractivity contribution in [2.24, 2.45) is 0 Å². The molecule has 1 atom stereocenters. The summed E-state index contributed by atoms with van der Waals surface area (Å²) in [4.78, 5) is 32.8. The largest absolute Gasteiger partial charge is 0.337 e. The van der Waals surface area contributed by atoms with Gasteiger partial charge in [0.15, 0.2) is 0 Å². The first kappa shape index (κ1) is 21.9. The molecule has 0 spiro atoms. The summed E-state index contributed by atoms with van der Waals surface area (Å²) in [5, 5.41) is 9.20. The molecule has 30 heavy (non-hydrogen) atoms. The van der Waals surface area contributed by atoms with Crippen molar-refractivity contribution in [3.63, 3.8) is 0 Å². The summed E-state index contributed by atoms with van der Waals surface area (Å²) < 4.78 is 5.48. The number of aromatic nitrogens is 2. The van der Waals surface area contributed by atoms with Crippen LogP contribution >= 0.6 is 0 Å². The zero-order chi connectivity index (χ0) is 21.7. The van der Waals surface area contributed by atoms with Gasteiger partial charge in [0.1, 0.15) is 0 Å². The van der Waals surface area contributed by atoms with Crippen molar-refractivity contribution in [3.8, 4) is 11.4 Å². The Morgan fingerprint density at radius 1 is 1.13 bits per heavy atom. The summed E-state index contributed by atoms with van der Waals surface area (Å²) in [7, 11) is 0. The monoisotopic (exact) mass is 414 g/mol. The number of imide groups is 1. The van der Waals surface area contributed by atoms with E-state index in [9.17, 15) is 9.59 Å². The van der Waals surface area contributed by atoms with Crippen LogP contribution in [0, 0.1) is 0 Å². The number of amides is 3. The van der Waals surface area contributed by atoms with E-state index < -0.39 is 6.03 Å². The van der Waals surface area contributed by atoms with Crippen molar-refractivity contribution in [1.82, 2.24) is 30.6 Å². The Morgan fingerprint density at radius 3 is 2.43 bits per heavy atom. The van der Waals surface area contributed by atoms with E-state index in [0.29, 0.717) is 11.7 Å². The van der Waals surface area contributed by atoms with Gasteiger partial charge >= 0.3 is 6.03 Å². The topological polar surface area (TPSA) is 104 Å². The lowest BCUT2D eigenvalue weighted by atomic mass is 10.1. The molecule has 1 aliphatic heterocycles. The van der Waals surface area contributed by atoms with Crippen LogP contribution in [0.4, 0.5) is 4.79 Å². The van der Waals surface area contributed by atoms with E-state index in [0.717, 1.165) is 31.7 Å². The number of hydrogen-bond donors (Lipinski definition) is 2. The predicted molar refractivity (Wildman–Crippen MR) is 113 cm³/mol. The lowest BCUT2D eigenvalue weighted by Gasteiger charge is -2.36. The van der Waals surface area contributed by atoms with Crippen LogP contribution < -0.4 is 10.6 Å². The molecule has 2 N–H and O–H groups in total. The van der Waals surface area contributed by atoms with Crippen LogP contribution in [0.25, 0.3) is 11.4 Å². The molecular formula is C21H30N6O3. The first-order valence-electron chi connectivity index (χ1n) is 10.2. The summed E-state index contributed by atoms with van der Waals surface area (Å²) in [5.41, 5.74) is 0.535. The van der Waals surface area contributed by atoms with Crippen molar-refractivity contribution in [2.75, 3.05) is 32.7 Å². The zero-order valence-corrected chi connectivity index (χ0v) is 18.0. The highest BCUT2D eigenvalue weighted by Gasteiger charge is 2.27. The molecule has 1 aliphatic rings. The van der Waals surface area contributed by atoms with Crippen molar-refractivity contribution in [1.29, 1.82) is 0 Å². The summed E-state index contributed by atoms with van der Waals surface area (Å²) in [6.07, 6.45) is 0. The van der Waals surface area contributed by atoms with Crippen LogP contribution in [-0.2, 0) is 4.79 Å². The van der Waals surface area contributed by atoms with Gasteiger partial charge in [0.05, 0.1) is 12.6 Å². The number of benzene rings is 1. The quantitative estimate of drug-likeness (QED) is 0.772. The molecular weight excluding hydrogens is 384 g/mol. The van der Waals surface area contributed by atoms with Crippen LogP contribution in [0.15, 0.2) is 34.9 Å². The zero-order valence-electron chi connectivity index (χ0n) is 18.0. The average molecular weight is 415 g/mol. The third-order valence-corrected chi connectivity index (χ3v) is 4.89. The van der Waals surface area contributed by atoms with Crippen molar-refractivity contribution in [2.45, 2.75) is 39.3 Å². The second-order valence-electron chi connectivity index (χ2n) is 8.56. The number of rotatable bonds is 5. The molecule has 1 unspecified atom stereocenters. The van der Waals surface area contributed by atoms with Gasteiger partial charge in [-0.2, -0.15) is 4.98 Å². The highest BCUT2D eigenvalue weighted by molar-refractivity contribution is 5.95. The summed E-state index contributed by atoms with van der Waals surface area (Å²) in [5.74, 6) is 0.864. The Balaban J connectivity index is 1.47. The molecule has 1 aromatic carbocycles. The molecule has 0 radical (unpaired) electrons. The molecule has 1 saturated heterocycles. The molecule has 9 nitrogen and oxygen atoms in total. The maximum absolute atomic E-state index is 12.1. The summed E-state index contributed by atoms with van der Waals surface area (Å²) in [6, 6.07) is 9.25. The van der Waals surface area contributed by atoms with E-state index >= 15 is 0 Å². The molecule has 0 aliphatic carbocycles. The molecule has 2 heterocycles. The first-order valence-corrected chi connectivity index (χ1v) is 10.2. The summed E-state index contributed by atoms with van der Waals surface area (Å²) in [6.45, 7) is 10.8. The Labute approximate surface area is 176 Å².